The van der Waals surface area contributed by atoms with Gasteiger partial charge in [-0.1, -0.05) is 12.8 Å². The quantitative estimate of drug-likeness (QED) is 0.927. The summed E-state index contributed by atoms with van der Waals surface area (Å²) in [6.07, 6.45) is 8.60. The third-order valence-electron chi connectivity index (χ3n) is 4.02. The molecule has 1 fully saturated rings. The molecule has 1 amide bonds. The lowest BCUT2D eigenvalue weighted by atomic mass is 10.2. The number of hydrogen-bond donors (Lipinski definition) is 1. The largest absolute Gasteiger partial charge is 0.369 e. The molecule has 118 valence electrons. The normalized spacial score (nSPS) is 15.8. The summed E-state index contributed by atoms with van der Waals surface area (Å²) in [5.74, 6) is 0.965. The van der Waals surface area contributed by atoms with E-state index in [2.05, 4.69) is 20.4 Å². The highest BCUT2D eigenvalue weighted by Gasteiger charge is 2.15. The van der Waals surface area contributed by atoms with Crippen molar-refractivity contribution in [3.8, 4) is 0 Å². The molecule has 0 spiro atoms. The second-order valence-corrected chi connectivity index (χ2v) is 5.73. The van der Waals surface area contributed by atoms with Crippen LogP contribution in [0.3, 0.4) is 0 Å². The molecule has 0 saturated carbocycles. The predicted octanol–water partition coefficient (Wildman–Crippen LogP) is 1.57. The summed E-state index contributed by atoms with van der Waals surface area (Å²) in [6.45, 7) is 2.38. The SMILES string of the molecule is Cn1cc2c(NCCC(=O)N3CCCCCC3)ncnc2n1. The zero-order valence-corrected chi connectivity index (χ0v) is 13.0. The van der Waals surface area contributed by atoms with Crippen molar-refractivity contribution in [2.24, 2.45) is 7.05 Å². The molecular formula is C15H22N6O. The first-order chi connectivity index (χ1) is 10.7. The minimum atomic E-state index is 0.228. The Morgan fingerprint density at radius 2 is 2.00 bits per heavy atom. The molecule has 0 bridgehead atoms. The van der Waals surface area contributed by atoms with E-state index in [-0.39, 0.29) is 5.91 Å². The van der Waals surface area contributed by atoms with Gasteiger partial charge in [0.1, 0.15) is 12.1 Å². The van der Waals surface area contributed by atoms with Crippen LogP contribution in [0.25, 0.3) is 11.0 Å². The number of nitrogens with one attached hydrogen (secondary N) is 1. The Balaban J connectivity index is 1.56. The average Bonchev–Trinajstić information content (AvgIpc) is 2.73. The summed E-state index contributed by atoms with van der Waals surface area (Å²) < 4.78 is 1.72. The van der Waals surface area contributed by atoms with Gasteiger partial charge < -0.3 is 10.2 Å². The number of aromatic nitrogens is 4. The summed E-state index contributed by atoms with van der Waals surface area (Å²) in [7, 11) is 1.86. The molecular weight excluding hydrogens is 280 g/mol. The van der Waals surface area contributed by atoms with Crippen LogP contribution in [0.15, 0.2) is 12.5 Å². The molecule has 22 heavy (non-hydrogen) atoms. The van der Waals surface area contributed by atoms with Gasteiger partial charge in [-0.2, -0.15) is 5.10 Å². The van der Waals surface area contributed by atoms with Crippen molar-refractivity contribution in [3.63, 3.8) is 0 Å². The van der Waals surface area contributed by atoms with Gasteiger partial charge in [0.05, 0.1) is 5.39 Å². The first kappa shape index (κ1) is 14.7. The van der Waals surface area contributed by atoms with Crippen LogP contribution in [0.4, 0.5) is 5.82 Å². The van der Waals surface area contributed by atoms with Crippen molar-refractivity contribution in [1.29, 1.82) is 0 Å². The minimum Gasteiger partial charge on any atom is -0.369 e. The fraction of sp³-hybridized carbons (Fsp3) is 0.600. The lowest BCUT2D eigenvalue weighted by Crippen LogP contribution is -2.32. The van der Waals surface area contributed by atoms with Gasteiger partial charge in [0, 0.05) is 39.3 Å². The highest BCUT2D eigenvalue weighted by atomic mass is 16.2. The molecule has 0 aromatic carbocycles. The number of carbonyl (C=O) groups excluding carboxylic acids is 1. The Hall–Kier alpha value is -2.18. The van der Waals surface area contributed by atoms with Crippen LogP contribution in [0, 0.1) is 0 Å². The van der Waals surface area contributed by atoms with E-state index >= 15 is 0 Å². The molecule has 2 aromatic rings. The highest BCUT2D eigenvalue weighted by molar-refractivity contribution is 5.86. The Bertz CT molecular complexity index is 645. The van der Waals surface area contributed by atoms with Crippen LogP contribution in [0.5, 0.6) is 0 Å². The molecule has 7 heteroatoms. The maximum atomic E-state index is 12.2. The smallest absolute Gasteiger partial charge is 0.224 e. The highest BCUT2D eigenvalue weighted by Crippen LogP contribution is 2.17. The van der Waals surface area contributed by atoms with E-state index in [0.29, 0.717) is 18.6 Å². The van der Waals surface area contributed by atoms with E-state index in [0.717, 1.165) is 37.1 Å². The summed E-state index contributed by atoms with van der Waals surface area (Å²) in [5, 5.41) is 8.37. The number of likely N-dealkylation sites (tertiary alicyclic amines) is 1. The van der Waals surface area contributed by atoms with E-state index in [1.54, 1.807) is 4.68 Å². The molecule has 1 N–H and O–H groups in total. The van der Waals surface area contributed by atoms with E-state index in [4.69, 9.17) is 0 Å². The molecule has 0 aliphatic carbocycles. The van der Waals surface area contributed by atoms with Crippen LogP contribution >= 0.6 is 0 Å². The zero-order chi connectivity index (χ0) is 15.4. The topological polar surface area (TPSA) is 75.9 Å². The first-order valence-corrected chi connectivity index (χ1v) is 7.90. The van der Waals surface area contributed by atoms with Crippen LogP contribution < -0.4 is 5.32 Å². The molecule has 0 unspecified atom stereocenters. The van der Waals surface area contributed by atoms with Gasteiger partial charge in [-0.15, -0.1) is 0 Å². The van der Waals surface area contributed by atoms with Gasteiger partial charge in [-0.3, -0.25) is 9.48 Å². The number of fused-ring (bicyclic) bond motifs is 1. The van der Waals surface area contributed by atoms with Crippen LogP contribution in [0.2, 0.25) is 0 Å². The van der Waals surface area contributed by atoms with Crippen molar-refractivity contribution in [2.45, 2.75) is 32.1 Å². The lowest BCUT2D eigenvalue weighted by Gasteiger charge is -2.20. The zero-order valence-electron chi connectivity index (χ0n) is 13.0. The number of rotatable bonds is 4. The Kier molecular flexibility index (Phi) is 4.50. The number of nitrogens with zero attached hydrogens (tertiary/aromatic N) is 5. The van der Waals surface area contributed by atoms with Crippen LogP contribution in [0.1, 0.15) is 32.1 Å². The second kappa shape index (κ2) is 6.72. The molecule has 1 aliphatic rings. The maximum Gasteiger partial charge on any atom is 0.224 e. The van der Waals surface area contributed by atoms with Gasteiger partial charge >= 0.3 is 0 Å². The maximum absolute atomic E-state index is 12.2. The number of carbonyl (C=O) groups is 1. The second-order valence-electron chi connectivity index (χ2n) is 5.73. The van der Waals surface area contributed by atoms with Gasteiger partial charge in [0.2, 0.25) is 5.91 Å². The van der Waals surface area contributed by atoms with Crippen molar-refractivity contribution in [2.75, 3.05) is 25.0 Å². The van der Waals surface area contributed by atoms with E-state index < -0.39 is 0 Å². The molecule has 1 saturated heterocycles. The number of hydrogen-bond acceptors (Lipinski definition) is 5. The lowest BCUT2D eigenvalue weighted by molar-refractivity contribution is -0.130. The van der Waals surface area contributed by atoms with Crippen LogP contribution in [-0.2, 0) is 11.8 Å². The van der Waals surface area contributed by atoms with Gasteiger partial charge in [0.15, 0.2) is 5.65 Å². The van der Waals surface area contributed by atoms with Crippen molar-refractivity contribution >= 4 is 22.8 Å². The molecule has 7 nitrogen and oxygen atoms in total. The molecule has 1 aliphatic heterocycles. The Morgan fingerprint density at radius 1 is 1.23 bits per heavy atom. The average molecular weight is 302 g/mol. The van der Waals surface area contributed by atoms with E-state index in [9.17, 15) is 4.79 Å². The number of amides is 1. The monoisotopic (exact) mass is 302 g/mol. The molecule has 0 radical (unpaired) electrons. The summed E-state index contributed by atoms with van der Waals surface area (Å²) in [4.78, 5) is 22.6. The summed E-state index contributed by atoms with van der Waals surface area (Å²) >= 11 is 0. The third-order valence-corrected chi connectivity index (χ3v) is 4.02. The first-order valence-electron chi connectivity index (χ1n) is 7.90. The van der Waals surface area contributed by atoms with Gasteiger partial charge in [-0.05, 0) is 12.8 Å². The molecule has 0 atom stereocenters. The van der Waals surface area contributed by atoms with Crippen molar-refractivity contribution in [3.05, 3.63) is 12.5 Å². The van der Waals surface area contributed by atoms with Crippen molar-refractivity contribution < 1.29 is 4.79 Å². The van der Waals surface area contributed by atoms with E-state index in [1.165, 1.54) is 19.2 Å². The Morgan fingerprint density at radius 3 is 2.77 bits per heavy atom. The summed E-state index contributed by atoms with van der Waals surface area (Å²) in [6, 6.07) is 0. The number of anilines is 1. The fourth-order valence-electron chi connectivity index (χ4n) is 2.86. The van der Waals surface area contributed by atoms with Crippen molar-refractivity contribution in [1.82, 2.24) is 24.6 Å². The molecule has 3 rings (SSSR count). The van der Waals surface area contributed by atoms with E-state index in [1.807, 2.05) is 18.1 Å². The Labute approximate surface area is 129 Å². The minimum absolute atomic E-state index is 0.228. The van der Waals surface area contributed by atoms with Gasteiger partial charge in [0.25, 0.3) is 0 Å². The standard InChI is InChI=1S/C15H22N6O/c1-20-10-12-14(17-11-18-15(12)19-20)16-7-6-13(22)21-8-4-2-3-5-9-21/h10-11H,2-9H2,1H3,(H,16,17,18,19). The molecule has 3 heterocycles. The van der Waals surface area contributed by atoms with Crippen LogP contribution in [-0.4, -0.2) is 50.2 Å². The summed E-state index contributed by atoms with van der Waals surface area (Å²) in [5.41, 5.74) is 0.666. The van der Waals surface area contributed by atoms with Gasteiger partial charge in [-0.25, -0.2) is 9.97 Å². The predicted molar refractivity (Wildman–Crippen MR) is 84.5 cm³/mol. The number of aryl methyl sites for hydroxylation is 1. The third kappa shape index (κ3) is 3.35. The fourth-order valence-corrected chi connectivity index (χ4v) is 2.86. The molecule has 2 aromatic heterocycles.